The van der Waals surface area contributed by atoms with Gasteiger partial charge in [0, 0.05) is 38.2 Å². The van der Waals surface area contributed by atoms with Gasteiger partial charge >= 0.3 is 0 Å². The molecule has 124 valence electrons. The molecule has 0 aliphatic carbocycles. The molecule has 7 nitrogen and oxygen atoms in total. The highest BCUT2D eigenvalue weighted by molar-refractivity contribution is 5.59. The first kappa shape index (κ1) is 15.0. The number of hydrogen-bond donors (Lipinski definition) is 0. The Morgan fingerprint density at radius 3 is 2.79 bits per heavy atom. The first-order chi connectivity index (χ1) is 11.6. The molecular formula is C17H20N6O. The van der Waals surface area contributed by atoms with Crippen molar-refractivity contribution < 1.29 is 4.74 Å². The van der Waals surface area contributed by atoms with Crippen LogP contribution in [-0.4, -0.2) is 50.6 Å². The minimum atomic E-state index is -0.105. The SMILES string of the molecule is CN(CC1(C)CCCO1)c1ccc2nnc(-c3ccncc3)n2n1. The van der Waals surface area contributed by atoms with Crippen molar-refractivity contribution in [3.63, 3.8) is 0 Å². The van der Waals surface area contributed by atoms with Crippen molar-refractivity contribution in [1.82, 2.24) is 24.8 Å². The third kappa shape index (κ3) is 2.71. The molecule has 4 rings (SSSR count). The topological polar surface area (TPSA) is 68.4 Å². The van der Waals surface area contributed by atoms with E-state index in [1.807, 2.05) is 31.3 Å². The van der Waals surface area contributed by atoms with E-state index < -0.39 is 0 Å². The van der Waals surface area contributed by atoms with Gasteiger partial charge in [0.05, 0.1) is 5.60 Å². The van der Waals surface area contributed by atoms with Crippen molar-refractivity contribution in [2.75, 3.05) is 25.1 Å². The summed E-state index contributed by atoms with van der Waals surface area (Å²) in [6.07, 6.45) is 5.68. The number of aromatic nitrogens is 5. The maximum absolute atomic E-state index is 5.89. The molecule has 4 heterocycles. The van der Waals surface area contributed by atoms with Gasteiger partial charge in [0.2, 0.25) is 0 Å². The molecule has 0 amide bonds. The first-order valence-corrected chi connectivity index (χ1v) is 8.13. The van der Waals surface area contributed by atoms with Crippen molar-refractivity contribution in [2.24, 2.45) is 0 Å². The molecule has 7 heteroatoms. The van der Waals surface area contributed by atoms with Gasteiger partial charge in [-0.15, -0.1) is 15.3 Å². The monoisotopic (exact) mass is 324 g/mol. The van der Waals surface area contributed by atoms with Crippen LogP contribution >= 0.6 is 0 Å². The summed E-state index contributed by atoms with van der Waals surface area (Å²) in [5.41, 5.74) is 1.56. The van der Waals surface area contributed by atoms with Gasteiger partial charge in [-0.25, -0.2) is 0 Å². The van der Waals surface area contributed by atoms with Crippen LogP contribution in [0.4, 0.5) is 5.82 Å². The predicted octanol–water partition coefficient (Wildman–Crippen LogP) is 2.19. The van der Waals surface area contributed by atoms with Crippen LogP contribution in [-0.2, 0) is 4.74 Å². The van der Waals surface area contributed by atoms with Crippen molar-refractivity contribution in [3.05, 3.63) is 36.7 Å². The van der Waals surface area contributed by atoms with E-state index in [1.54, 1.807) is 16.9 Å². The van der Waals surface area contributed by atoms with Crippen molar-refractivity contribution >= 4 is 11.5 Å². The highest BCUT2D eigenvalue weighted by Crippen LogP contribution is 2.27. The van der Waals surface area contributed by atoms with E-state index in [1.165, 1.54) is 0 Å². The molecule has 0 bridgehead atoms. The van der Waals surface area contributed by atoms with Crippen molar-refractivity contribution in [3.8, 4) is 11.4 Å². The van der Waals surface area contributed by atoms with Gasteiger partial charge in [0.15, 0.2) is 11.5 Å². The minimum Gasteiger partial charge on any atom is -0.373 e. The fourth-order valence-corrected chi connectivity index (χ4v) is 3.21. The van der Waals surface area contributed by atoms with E-state index in [2.05, 4.69) is 27.0 Å². The molecule has 0 radical (unpaired) electrons. The van der Waals surface area contributed by atoms with E-state index in [4.69, 9.17) is 9.84 Å². The zero-order chi connectivity index (χ0) is 16.6. The Hall–Kier alpha value is -2.54. The molecule has 1 saturated heterocycles. The Kier molecular flexibility index (Phi) is 3.65. The average Bonchev–Trinajstić information content (AvgIpc) is 3.21. The molecule has 3 aromatic heterocycles. The molecular weight excluding hydrogens is 304 g/mol. The van der Waals surface area contributed by atoms with E-state index >= 15 is 0 Å². The third-order valence-electron chi connectivity index (χ3n) is 4.45. The molecule has 1 unspecified atom stereocenters. The lowest BCUT2D eigenvalue weighted by Gasteiger charge is -2.29. The number of anilines is 1. The van der Waals surface area contributed by atoms with E-state index in [-0.39, 0.29) is 5.60 Å². The summed E-state index contributed by atoms with van der Waals surface area (Å²) >= 11 is 0. The Morgan fingerprint density at radius 1 is 1.21 bits per heavy atom. The third-order valence-corrected chi connectivity index (χ3v) is 4.45. The van der Waals surface area contributed by atoms with Crippen LogP contribution in [0.15, 0.2) is 36.7 Å². The molecule has 0 N–H and O–H groups in total. The number of fused-ring (bicyclic) bond motifs is 1. The lowest BCUT2D eigenvalue weighted by Crippen LogP contribution is -2.39. The summed E-state index contributed by atoms with van der Waals surface area (Å²) in [6.45, 7) is 3.81. The second kappa shape index (κ2) is 5.83. The predicted molar refractivity (Wildman–Crippen MR) is 90.9 cm³/mol. The molecule has 24 heavy (non-hydrogen) atoms. The summed E-state index contributed by atoms with van der Waals surface area (Å²) in [5, 5.41) is 13.2. The quantitative estimate of drug-likeness (QED) is 0.733. The fourth-order valence-electron chi connectivity index (χ4n) is 3.21. The second-order valence-electron chi connectivity index (χ2n) is 6.48. The van der Waals surface area contributed by atoms with Gasteiger partial charge in [-0.3, -0.25) is 4.98 Å². The van der Waals surface area contributed by atoms with Gasteiger partial charge in [0.25, 0.3) is 0 Å². The largest absolute Gasteiger partial charge is 0.373 e. The highest BCUT2D eigenvalue weighted by atomic mass is 16.5. The number of nitrogens with zero attached hydrogens (tertiary/aromatic N) is 6. The normalized spacial score (nSPS) is 20.6. The maximum Gasteiger partial charge on any atom is 0.185 e. The Bertz CT molecular complexity index is 841. The first-order valence-electron chi connectivity index (χ1n) is 8.13. The Labute approximate surface area is 140 Å². The summed E-state index contributed by atoms with van der Waals surface area (Å²) in [4.78, 5) is 6.17. The van der Waals surface area contributed by atoms with Gasteiger partial charge in [-0.2, -0.15) is 4.52 Å². The zero-order valence-corrected chi connectivity index (χ0v) is 13.9. The van der Waals surface area contributed by atoms with Crippen LogP contribution in [0.5, 0.6) is 0 Å². The summed E-state index contributed by atoms with van der Waals surface area (Å²) in [7, 11) is 2.04. The van der Waals surface area contributed by atoms with Crippen molar-refractivity contribution in [1.29, 1.82) is 0 Å². The molecule has 0 aromatic carbocycles. The van der Waals surface area contributed by atoms with Crippen LogP contribution in [0.25, 0.3) is 17.0 Å². The van der Waals surface area contributed by atoms with Gasteiger partial charge in [-0.1, -0.05) is 0 Å². The number of likely N-dealkylation sites (N-methyl/N-ethyl adjacent to an activating group) is 1. The number of hydrogen-bond acceptors (Lipinski definition) is 6. The lowest BCUT2D eigenvalue weighted by molar-refractivity contribution is 0.0271. The van der Waals surface area contributed by atoms with Crippen LogP contribution < -0.4 is 4.90 Å². The molecule has 1 aliphatic heterocycles. The lowest BCUT2D eigenvalue weighted by atomic mass is 10.0. The smallest absolute Gasteiger partial charge is 0.185 e. The maximum atomic E-state index is 5.89. The second-order valence-corrected chi connectivity index (χ2v) is 6.48. The van der Waals surface area contributed by atoms with Gasteiger partial charge < -0.3 is 9.64 Å². The van der Waals surface area contributed by atoms with Crippen LogP contribution in [0.3, 0.4) is 0 Å². The van der Waals surface area contributed by atoms with E-state index in [9.17, 15) is 0 Å². The van der Waals surface area contributed by atoms with Crippen LogP contribution in [0, 0.1) is 0 Å². The number of pyridine rings is 1. The number of rotatable bonds is 4. The minimum absolute atomic E-state index is 0.105. The van der Waals surface area contributed by atoms with Gasteiger partial charge in [-0.05, 0) is 44.0 Å². The summed E-state index contributed by atoms with van der Waals surface area (Å²) in [6, 6.07) is 7.72. The molecule has 1 fully saturated rings. The molecule has 0 saturated carbocycles. The van der Waals surface area contributed by atoms with Crippen molar-refractivity contribution in [2.45, 2.75) is 25.4 Å². The van der Waals surface area contributed by atoms with E-state index in [0.717, 1.165) is 43.0 Å². The summed E-state index contributed by atoms with van der Waals surface area (Å²) < 4.78 is 7.67. The molecule has 3 aromatic rings. The number of ether oxygens (including phenoxy) is 1. The molecule has 1 aliphatic rings. The van der Waals surface area contributed by atoms with Gasteiger partial charge in [0.1, 0.15) is 5.82 Å². The zero-order valence-electron chi connectivity index (χ0n) is 13.9. The highest BCUT2D eigenvalue weighted by Gasteiger charge is 2.31. The Morgan fingerprint density at radius 2 is 2.04 bits per heavy atom. The average molecular weight is 324 g/mol. The van der Waals surface area contributed by atoms with Crippen LogP contribution in [0.1, 0.15) is 19.8 Å². The fraction of sp³-hybridized carbons (Fsp3) is 0.412. The Balaban J connectivity index is 1.67. The van der Waals surface area contributed by atoms with E-state index in [0.29, 0.717) is 5.82 Å². The van der Waals surface area contributed by atoms with Crippen LogP contribution in [0.2, 0.25) is 0 Å². The standard InChI is InChI=1S/C17H20N6O/c1-17(8-3-11-24-17)12-22(2)15-5-4-14-19-20-16(23(14)21-15)13-6-9-18-10-7-13/h4-7,9-10H,3,8,11-12H2,1-2H3. The molecule has 0 spiro atoms. The summed E-state index contributed by atoms with van der Waals surface area (Å²) in [5.74, 6) is 1.58. The molecule has 1 atom stereocenters.